The summed E-state index contributed by atoms with van der Waals surface area (Å²) >= 11 is 0. The van der Waals surface area contributed by atoms with Gasteiger partial charge in [-0.05, 0) is 31.4 Å². The fourth-order valence-electron chi connectivity index (χ4n) is 3.75. The van der Waals surface area contributed by atoms with E-state index in [0.717, 1.165) is 35.3 Å². The molecule has 0 bridgehead atoms. The minimum absolute atomic E-state index is 0.478. The van der Waals surface area contributed by atoms with Crippen LogP contribution in [-0.2, 0) is 11.0 Å². The van der Waals surface area contributed by atoms with Crippen molar-refractivity contribution in [2.45, 2.75) is 23.8 Å². The van der Waals surface area contributed by atoms with E-state index in [1.165, 1.54) is 12.8 Å². The first-order chi connectivity index (χ1) is 11.3. The predicted octanol–water partition coefficient (Wildman–Crippen LogP) is 1.95. The van der Waals surface area contributed by atoms with Gasteiger partial charge in [0.25, 0.3) is 0 Å². The maximum Gasteiger partial charge on any atom is 0.146 e. The zero-order valence-electron chi connectivity index (χ0n) is 13.2. The van der Waals surface area contributed by atoms with Crippen molar-refractivity contribution in [3.05, 3.63) is 30.6 Å². The Labute approximate surface area is 138 Å². The summed E-state index contributed by atoms with van der Waals surface area (Å²) in [5.41, 5.74) is 0. The lowest BCUT2D eigenvalue weighted by Gasteiger charge is -2.24. The van der Waals surface area contributed by atoms with E-state index in [9.17, 15) is 4.21 Å². The second-order valence-electron chi connectivity index (χ2n) is 6.26. The van der Waals surface area contributed by atoms with E-state index in [1.54, 1.807) is 19.5 Å². The van der Waals surface area contributed by atoms with Crippen LogP contribution in [0.3, 0.4) is 0 Å². The third-order valence-electron chi connectivity index (χ3n) is 4.92. The van der Waals surface area contributed by atoms with E-state index in [1.807, 2.05) is 18.2 Å². The number of nitrogens with one attached hydrogen (secondary N) is 1. The maximum atomic E-state index is 13.2. The molecule has 2 fully saturated rings. The van der Waals surface area contributed by atoms with Crippen LogP contribution in [0.2, 0.25) is 0 Å². The number of hydrogen-bond acceptors (Lipinski definition) is 4. The Balaban J connectivity index is 1.70. The van der Waals surface area contributed by atoms with Gasteiger partial charge in [0.1, 0.15) is 16.7 Å². The second kappa shape index (κ2) is 6.19. The lowest BCUT2D eigenvalue weighted by Crippen LogP contribution is -2.40. The molecule has 1 aromatic carbocycles. The summed E-state index contributed by atoms with van der Waals surface area (Å²) in [6, 6.07) is 6.34. The molecule has 6 heteroatoms. The molecule has 0 radical (unpaired) electrons. The molecule has 0 saturated carbocycles. The summed E-state index contributed by atoms with van der Waals surface area (Å²) in [6.45, 7) is 2.82. The lowest BCUT2D eigenvalue weighted by atomic mass is 9.94. The third-order valence-corrected chi connectivity index (χ3v) is 6.40. The van der Waals surface area contributed by atoms with Crippen LogP contribution in [0, 0.1) is 5.92 Å². The number of ether oxygens (including phenoxy) is 1. The van der Waals surface area contributed by atoms with E-state index in [-0.39, 0.29) is 0 Å². The van der Waals surface area contributed by atoms with E-state index in [2.05, 4.69) is 14.6 Å². The van der Waals surface area contributed by atoms with Crippen LogP contribution in [0.1, 0.15) is 12.8 Å². The zero-order chi connectivity index (χ0) is 15.8. The van der Waals surface area contributed by atoms with Crippen LogP contribution >= 0.6 is 0 Å². The number of fused-ring (bicyclic) bond motifs is 2. The fourth-order valence-corrected chi connectivity index (χ4v) is 5.24. The normalized spacial score (nSPS) is 26.1. The Morgan fingerprint density at radius 2 is 2.26 bits per heavy atom. The molecule has 1 N–H and O–H groups in total. The van der Waals surface area contributed by atoms with Gasteiger partial charge in [0.2, 0.25) is 0 Å². The number of nitrogens with zero attached hydrogens (tertiary/aromatic N) is 2. The summed E-state index contributed by atoms with van der Waals surface area (Å²) in [6.07, 6.45) is 5.93. The molecule has 2 aromatic rings. The third kappa shape index (κ3) is 2.65. The van der Waals surface area contributed by atoms with Gasteiger partial charge in [-0.3, -0.25) is 4.98 Å². The van der Waals surface area contributed by atoms with E-state index < -0.39 is 11.0 Å². The molecular formula is C17H21N3O2S. The molecule has 3 atom stereocenters. The van der Waals surface area contributed by atoms with Crippen LogP contribution in [0.5, 0.6) is 5.75 Å². The number of piperidine rings is 1. The zero-order valence-corrected chi connectivity index (χ0v) is 14.0. The highest BCUT2D eigenvalue weighted by atomic mass is 32.2. The van der Waals surface area contributed by atoms with Crippen molar-refractivity contribution in [1.82, 2.24) is 14.6 Å². The average molecular weight is 331 g/mol. The summed E-state index contributed by atoms with van der Waals surface area (Å²) in [7, 11) is 0.453. The number of hydrogen-bond donors (Lipinski definition) is 1. The molecule has 3 heterocycles. The van der Waals surface area contributed by atoms with E-state index in [0.29, 0.717) is 17.7 Å². The van der Waals surface area contributed by atoms with Gasteiger partial charge >= 0.3 is 0 Å². The first-order valence-electron chi connectivity index (χ1n) is 8.09. The SMILES string of the molecule is COc1cncc2cccc(S(=O)N3CC4CCCNC4C3)c12. The quantitative estimate of drug-likeness (QED) is 0.934. The minimum Gasteiger partial charge on any atom is -0.494 e. The molecule has 23 heavy (non-hydrogen) atoms. The number of pyridine rings is 1. The lowest BCUT2D eigenvalue weighted by molar-refractivity contribution is 0.339. The summed E-state index contributed by atoms with van der Waals surface area (Å²) in [5, 5.41) is 5.44. The van der Waals surface area contributed by atoms with Crippen molar-refractivity contribution >= 4 is 21.8 Å². The first-order valence-corrected chi connectivity index (χ1v) is 9.19. The second-order valence-corrected chi connectivity index (χ2v) is 7.71. The molecular weight excluding hydrogens is 310 g/mol. The van der Waals surface area contributed by atoms with Crippen LogP contribution < -0.4 is 10.1 Å². The number of methoxy groups -OCH3 is 1. The number of aromatic nitrogens is 1. The molecule has 5 nitrogen and oxygen atoms in total. The van der Waals surface area contributed by atoms with Gasteiger partial charge in [-0.25, -0.2) is 8.51 Å². The Bertz CT molecular complexity index is 732. The van der Waals surface area contributed by atoms with Gasteiger partial charge in [-0.15, -0.1) is 0 Å². The smallest absolute Gasteiger partial charge is 0.146 e. The predicted molar refractivity (Wildman–Crippen MR) is 90.8 cm³/mol. The highest BCUT2D eigenvalue weighted by molar-refractivity contribution is 7.83. The topological polar surface area (TPSA) is 54.5 Å². The first kappa shape index (κ1) is 15.1. The monoisotopic (exact) mass is 331 g/mol. The molecule has 2 aliphatic heterocycles. The standard InChI is InChI=1S/C17H21N3O2S/c1-22-15-9-18-8-12-4-2-6-16(17(12)15)23(21)20-10-13-5-3-7-19-14(13)11-20/h2,4,6,8-9,13-14,19H,3,5,7,10-11H2,1H3. The molecule has 0 spiro atoms. The summed E-state index contributed by atoms with van der Waals surface area (Å²) < 4.78 is 20.8. The van der Waals surface area contributed by atoms with E-state index >= 15 is 0 Å². The average Bonchev–Trinajstić information content (AvgIpc) is 3.04. The Morgan fingerprint density at radius 1 is 1.35 bits per heavy atom. The van der Waals surface area contributed by atoms with Gasteiger partial charge in [-0.1, -0.05) is 12.1 Å². The van der Waals surface area contributed by atoms with Crippen LogP contribution in [0.15, 0.2) is 35.5 Å². The molecule has 0 aliphatic carbocycles. The van der Waals surface area contributed by atoms with Crippen molar-refractivity contribution in [1.29, 1.82) is 0 Å². The van der Waals surface area contributed by atoms with Crippen LogP contribution in [0.25, 0.3) is 10.8 Å². The van der Waals surface area contributed by atoms with Crippen molar-refractivity contribution in [2.75, 3.05) is 26.7 Å². The Kier molecular flexibility index (Phi) is 4.05. The van der Waals surface area contributed by atoms with Gasteiger partial charge in [-0.2, -0.15) is 0 Å². The molecule has 122 valence electrons. The maximum absolute atomic E-state index is 13.2. The molecule has 0 amide bonds. The van der Waals surface area contributed by atoms with Crippen molar-refractivity contribution in [2.24, 2.45) is 5.92 Å². The van der Waals surface area contributed by atoms with Crippen LogP contribution in [0.4, 0.5) is 0 Å². The Hall–Kier alpha value is -1.50. The van der Waals surface area contributed by atoms with E-state index in [4.69, 9.17) is 4.74 Å². The van der Waals surface area contributed by atoms with Crippen molar-refractivity contribution in [3.63, 3.8) is 0 Å². The summed E-state index contributed by atoms with van der Waals surface area (Å²) in [5.74, 6) is 1.30. The van der Waals surface area contributed by atoms with Gasteiger partial charge in [0, 0.05) is 36.1 Å². The summed E-state index contributed by atoms with van der Waals surface area (Å²) in [4.78, 5) is 5.01. The fraction of sp³-hybridized carbons (Fsp3) is 0.471. The molecule has 1 aromatic heterocycles. The number of rotatable bonds is 3. The van der Waals surface area contributed by atoms with Gasteiger partial charge in [0.05, 0.1) is 18.2 Å². The molecule has 3 unspecified atom stereocenters. The largest absolute Gasteiger partial charge is 0.494 e. The van der Waals surface area contributed by atoms with Crippen LogP contribution in [-0.4, -0.2) is 46.3 Å². The molecule has 2 aliphatic rings. The number of benzene rings is 1. The van der Waals surface area contributed by atoms with Gasteiger partial charge in [0.15, 0.2) is 0 Å². The molecule has 4 rings (SSSR count). The van der Waals surface area contributed by atoms with Gasteiger partial charge < -0.3 is 10.1 Å². The van der Waals surface area contributed by atoms with Crippen molar-refractivity contribution in [3.8, 4) is 5.75 Å². The minimum atomic E-state index is -1.18. The molecule has 2 saturated heterocycles. The highest BCUT2D eigenvalue weighted by Crippen LogP contribution is 2.33. The Morgan fingerprint density at radius 3 is 3.09 bits per heavy atom. The van der Waals surface area contributed by atoms with Crippen molar-refractivity contribution < 1.29 is 8.95 Å². The highest BCUT2D eigenvalue weighted by Gasteiger charge is 2.37.